The lowest BCUT2D eigenvalue weighted by Gasteiger charge is -2.41. The van der Waals surface area contributed by atoms with E-state index < -0.39 is 11.4 Å². The van der Waals surface area contributed by atoms with Gasteiger partial charge in [-0.05, 0) is 48.8 Å². The van der Waals surface area contributed by atoms with Crippen molar-refractivity contribution in [2.24, 2.45) is 22.2 Å². The Balaban J connectivity index is 1.84. The molecule has 2 atom stereocenters. The van der Waals surface area contributed by atoms with Gasteiger partial charge in [-0.15, -0.1) is 0 Å². The number of nitrogens with zero attached hydrogens (tertiary/aromatic N) is 2. The smallest absolute Gasteiger partial charge is 0.303 e. The molecule has 0 bridgehead atoms. The Morgan fingerprint density at radius 2 is 2.03 bits per heavy atom. The quantitative estimate of drug-likeness (QED) is 0.821. The molecule has 158 valence electrons. The zero-order chi connectivity index (χ0) is 21.2. The van der Waals surface area contributed by atoms with E-state index in [9.17, 15) is 14.7 Å². The summed E-state index contributed by atoms with van der Waals surface area (Å²) in [6.07, 6.45) is 2.45. The van der Waals surface area contributed by atoms with Crippen molar-refractivity contribution in [1.29, 1.82) is 0 Å². The molecule has 6 nitrogen and oxygen atoms in total. The molecule has 1 aromatic carbocycles. The first-order valence-corrected chi connectivity index (χ1v) is 10.4. The van der Waals surface area contributed by atoms with Gasteiger partial charge < -0.3 is 14.7 Å². The second-order valence-electron chi connectivity index (χ2n) is 9.21. The van der Waals surface area contributed by atoms with Gasteiger partial charge in [0.2, 0.25) is 5.91 Å². The number of aliphatic carboxylic acids is 1. The predicted molar refractivity (Wildman–Crippen MR) is 113 cm³/mol. The van der Waals surface area contributed by atoms with Gasteiger partial charge in [0, 0.05) is 42.7 Å². The number of methoxy groups -OCH3 is 1. The second-order valence-corrected chi connectivity index (χ2v) is 9.21. The van der Waals surface area contributed by atoms with Gasteiger partial charge in [-0.2, -0.15) is 0 Å². The summed E-state index contributed by atoms with van der Waals surface area (Å²) in [5.41, 5.74) is 2.93. The molecule has 0 radical (unpaired) electrons. The Morgan fingerprint density at radius 3 is 2.69 bits per heavy atom. The average Bonchev–Trinajstić information content (AvgIpc) is 2.67. The number of likely N-dealkylation sites (tertiary alicyclic amines) is 1. The van der Waals surface area contributed by atoms with E-state index in [1.54, 1.807) is 7.11 Å². The van der Waals surface area contributed by atoms with Crippen LogP contribution in [0.25, 0.3) is 0 Å². The van der Waals surface area contributed by atoms with Crippen molar-refractivity contribution in [2.45, 2.75) is 46.5 Å². The average molecular weight is 401 g/mol. The highest BCUT2D eigenvalue weighted by Gasteiger charge is 2.37. The number of hydrogen-bond acceptors (Lipinski definition) is 4. The number of amides is 1. The molecule has 2 aliphatic rings. The van der Waals surface area contributed by atoms with Gasteiger partial charge in [-0.1, -0.05) is 26.8 Å². The zero-order valence-corrected chi connectivity index (χ0v) is 17.9. The van der Waals surface area contributed by atoms with Crippen molar-refractivity contribution < 1.29 is 19.4 Å². The molecule has 3 rings (SSSR count). The van der Waals surface area contributed by atoms with Crippen molar-refractivity contribution in [2.75, 3.05) is 26.7 Å². The molecule has 29 heavy (non-hydrogen) atoms. The topological polar surface area (TPSA) is 79.2 Å². The highest BCUT2D eigenvalue weighted by atomic mass is 16.5. The first kappa shape index (κ1) is 21.3. The van der Waals surface area contributed by atoms with Crippen LogP contribution in [0, 0.1) is 17.3 Å². The molecule has 1 amide bonds. The molecule has 1 fully saturated rings. The number of rotatable bonds is 5. The molecular formula is C23H32N2O4. The van der Waals surface area contributed by atoms with E-state index in [0.717, 1.165) is 36.4 Å². The van der Waals surface area contributed by atoms with Crippen LogP contribution in [0.1, 0.15) is 51.2 Å². The number of carbonyl (C=O) groups is 2. The molecule has 0 spiro atoms. The first-order valence-electron chi connectivity index (χ1n) is 10.4. The fourth-order valence-corrected chi connectivity index (χ4v) is 4.45. The second kappa shape index (κ2) is 8.56. The zero-order valence-electron chi connectivity index (χ0n) is 17.9. The lowest BCUT2D eigenvalue weighted by molar-refractivity contribution is -0.143. The van der Waals surface area contributed by atoms with Gasteiger partial charge in [-0.25, -0.2) is 0 Å². The molecule has 1 saturated heterocycles. The molecule has 0 aliphatic carbocycles. The van der Waals surface area contributed by atoms with Crippen molar-refractivity contribution in [3.05, 3.63) is 29.3 Å². The van der Waals surface area contributed by atoms with E-state index in [0.29, 0.717) is 19.5 Å². The van der Waals surface area contributed by atoms with Crippen LogP contribution >= 0.6 is 0 Å². The van der Waals surface area contributed by atoms with Gasteiger partial charge in [-0.3, -0.25) is 14.6 Å². The number of carbonyl (C=O) groups excluding carboxylic acids is 1. The van der Waals surface area contributed by atoms with E-state index >= 15 is 0 Å². The number of hydrogen-bond donors (Lipinski definition) is 1. The Hall–Kier alpha value is -2.37. The van der Waals surface area contributed by atoms with Crippen LogP contribution in [-0.2, 0) is 16.0 Å². The van der Waals surface area contributed by atoms with Crippen LogP contribution in [0.5, 0.6) is 5.75 Å². The Morgan fingerprint density at radius 1 is 1.28 bits per heavy atom. The van der Waals surface area contributed by atoms with Crippen molar-refractivity contribution in [1.82, 2.24) is 4.90 Å². The molecule has 0 aromatic heterocycles. The van der Waals surface area contributed by atoms with Gasteiger partial charge in [0.1, 0.15) is 5.75 Å². The highest BCUT2D eigenvalue weighted by Crippen LogP contribution is 2.34. The van der Waals surface area contributed by atoms with Gasteiger partial charge in [0.05, 0.1) is 7.11 Å². The van der Waals surface area contributed by atoms with Crippen LogP contribution < -0.4 is 4.74 Å². The fraction of sp³-hybridized carbons (Fsp3) is 0.609. The third-order valence-corrected chi connectivity index (χ3v) is 6.02. The third-order valence-electron chi connectivity index (χ3n) is 6.02. The number of aliphatic imine (C=N–C) groups is 1. The molecule has 6 heteroatoms. The summed E-state index contributed by atoms with van der Waals surface area (Å²) in [7, 11) is 1.65. The van der Waals surface area contributed by atoms with E-state index in [-0.39, 0.29) is 24.2 Å². The summed E-state index contributed by atoms with van der Waals surface area (Å²) in [4.78, 5) is 31.0. The summed E-state index contributed by atoms with van der Waals surface area (Å²) >= 11 is 0. The summed E-state index contributed by atoms with van der Waals surface area (Å²) in [5, 5.41) is 9.39. The number of fused-ring (bicyclic) bond motifs is 1. The van der Waals surface area contributed by atoms with E-state index in [4.69, 9.17) is 9.73 Å². The predicted octanol–water partition coefficient (Wildman–Crippen LogP) is 3.42. The van der Waals surface area contributed by atoms with E-state index in [1.807, 2.05) is 37.8 Å². The molecule has 2 aliphatic heterocycles. The number of benzene rings is 1. The molecule has 0 saturated carbocycles. The SMILES string of the molecule is COc1ccc2c(c1)C(C[C@H]1CN(C(=O)C(C)(C)C)CC[C@H]1CC(=O)O)=NCC2. The van der Waals surface area contributed by atoms with Gasteiger partial charge in [0.15, 0.2) is 0 Å². The van der Waals surface area contributed by atoms with E-state index in [2.05, 4.69) is 6.07 Å². The normalized spacial score (nSPS) is 21.9. The minimum absolute atomic E-state index is 0.0511. The molecule has 2 heterocycles. The minimum atomic E-state index is -0.775. The van der Waals surface area contributed by atoms with Crippen molar-refractivity contribution >= 4 is 17.6 Å². The van der Waals surface area contributed by atoms with Crippen LogP contribution in [0.2, 0.25) is 0 Å². The molecule has 0 unspecified atom stereocenters. The van der Waals surface area contributed by atoms with E-state index in [1.165, 1.54) is 5.56 Å². The maximum Gasteiger partial charge on any atom is 0.303 e. The Labute approximate surface area is 173 Å². The Bertz CT molecular complexity index is 810. The summed E-state index contributed by atoms with van der Waals surface area (Å²) in [6, 6.07) is 6.09. The third kappa shape index (κ3) is 4.98. The van der Waals surface area contributed by atoms with Crippen LogP contribution in [-0.4, -0.2) is 54.3 Å². The van der Waals surface area contributed by atoms with Crippen LogP contribution in [0.4, 0.5) is 0 Å². The minimum Gasteiger partial charge on any atom is -0.497 e. The lowest BCUT2D eigenvalue weighted by Crippen LogP contribution is -2.48. The number of carboxylic acids is 1. The summed E-state index contributed by atoms with van der Waals surface area (Å²) < 4.78 is 5.39. The molecule has 1 aromatic rings. The van der Waals surface area contributed by atoms with Gasteiger partial charge in [0.25, 0.3) is 0 Å². The Kier molecular flexibility index (Phi) is 6.30. The standard InChI is InChI=1S/C23H32N2O4/c1-23(2,3)22(28)25-10-8-16(12-21(26)27)17(14-25)11-20-19-13-18(29-4)6-5-15(19)7-9-24-20/h5-6,13,16-17H,7-12,14H2,1-4H3,(H,26,27)/t16-,17-/m0/s1. The summed E-state index contributed by atoms with van der Waals surface area (Å²) in [6.45, 7) is 7.76. The summed E-state index contributed by atoms with van der Waals surface area (Å²) in [5.74, 6) is 0.290. The maximum atomic E-state index is 12.8. The van der Waals surface area contributed by atoms with Crippen LogP contribution in [0.15, 0.2) is 23.2 Å². The van der Waals surface area contributed by atoms with Gasteiger partial charge >= 0.3 is 5.97 Å². The first-order chi connectivity index (χ1) is 13.7. The monoisotopic (exact) mass is 400 g/mol. The number of piperidine rings is 1. The highest BCUT2D eigenvalue weighted by molar-refractivity contribution is 6.03. The number of ether oxygens (including phenoxy) is 1. The van der Waals surface area contributed by atoms with Crippen LogP contribution in [0.3, 0.4) is 0 Å². The largest absolute Gasteiger partial charge is 0.497 e. The van der Waals surface area contributed by atoms with Crippen molar-refractivity contribution in [3.63, 3.8) is 0 Å². The number of carboxylic acid groups (broad SMARTS) is 1. The lowest BCUT2D eigenvalue weighted by atomic mass is 9.77. The van der Waals surface area contributed by atoms with Crippen molar-refractivity contribution in [3.8, 4) is 5.75 Å². The molecule has 1 N–H and O–H groups in total. The molecular weight excluding hydrogens is 368 g/mol. The fourth-order valence-electron chi connectivity index (χ4n) is 4.45. The maximum absolute atomic E-state index is 12.8.